The normalized spacial score (nSPS) is 10.5. The summed E-state index contributed by atoms with van der Waals surface area (Å²) in [4.78, 5) is 12.2. The van der Waals surface area contributed by atoms with E-state index in [0.717, 1.165) is 15.9 Å². The van der Waals surface area contributed by atoms with Gasteiger partial charge in [-0.05, 0) is 35.7 Å². The fourth-order valence-corrected chi connectivity index (χ4v) is 3.82. The number of hydrogen-bond acceptors (Lipinski definition) is 7. The van der Waals surface area contributed by atoms with Gasteiger partial charge in [-0.3, -0.25) is 4.79 Å². The molecule has 0 saturated carbocycles. The average molecular weight is 400 g/mol. The molecule has 2 heterocycles. The van der Waals surface area contributed by atoms with E-state index in [2.05, 4.69) is 16.3 Å². The summed E-state index contributed by atoms with van der Waals surface area (Å²) in [6, 6.07) is 13.0. The number of thioether (sulfide) groups is 1. The van der Waals surface area contributed by atoms with E-state index in [1.165, 1.54) is 11.8 Å². The lowest BCUT2D eigenvalue weighted by atomic mass is 10.2. The Morgan fingerprint density at radius 1 is 1.30 bits per heavy atom. The largest absolute Gasteiger partial charge is 0.493 e. The Kier molecular flexibility index (Phi) is 6.46. The fourth-order valence-electron chi connectivity index (χ4n) is 2.33. The van der Waals surface area contributed by atoms with Crippen molar-refractivity contribution in [2.45, 2.75) is 18.1 Å². The van der Waals surface area contributed by atoms with E-state index in [1.807, 2.05) is 22.1 Å². The van der Waals surface area contributed by atoms with Gasteiger partial charge in [0.25, 0.3) is 0 Å². The Morgan fingerprint density at radius 3 is 2.78 bits per heavy atom. The molecule has 9 heteroatoms. The molecular weight excluding hydrogens is 382 g/mol. The van der Waals surface area contributed by atoms with Crippen molar-refractivity contribution in [3.63, 3.8) is 0 Å². The van der Waals surface area contributed by atoms with Crippen LogP contribution in [0.1, 0.15) is 12.0 Å². The number of aromatic nitrogens is 3. The highest BCUT2D eigenvalue weighted by Gasteiger charge is 2.15. The molecule has 0 saturated heterocycles. The summed E-state index contributed by atoms with van der Waals surface area (Å²) in [7, 11) is 0. The highest BCUT2D eigenvalue weighted by Crippen LogP contribution is 2.27. The van der Waals surface area contributed by atoms with Crippen LogP contribution in [0.4, 0.5) is 0 Å². The number of rotatable bonds is 9. The first-order chi connectivity index (χ1) is 13.2. The molecule has 0 radical (unpaired) electrons. The minimum absolute atomic E-state index is 0.228. The summed E-state index contributed by atoms with van der Waals surface area (Å²) in [5, 5.41) is 20.0. The molecule has 7 nitrogen and oxygen atoms in total. The average Bonchev–Trinajstić information content (AvgIpc) is 3.33. The van der Waals surface area contributed by atoms with Crippen molar-refractivity contribution in [3.8, 4) is 22.5 Å². The number of hydrogen-bond donors (Lipinski definition) is 1. The second kappa shape index (κ2) is 9.21. The zero-order valence-corrected chi connectivity index (χ0v) is 16.0. The van der Waals surface area contributed by atoms with Crippen molar-refractivity contribution >= 4 is 29.0 Å². The van der Waals surface area contributed by atoms with Gasteiger partial charge in [0.05, 0.1) is 23.1 Å². The van der Waals surface area contributed by atoms with Crippen LogP contribution in [0.25, 0.3) is 10.7 Å². The van der Waals surface area contributed by atoms with Crippen LogP contribution in [0.3, 0.4) is 0 Å². The van der Waals surface area contributed by atoms with Crippen LogP contribution in [0.2, 0.25) is 0 Å². The highest BCUT2D eigenvalue weighted by atomic mass is 32.2. The summed E-state index contributed by atoms with van der Waals surface area (Å²) < 4.78 is 7.60. The smallest absolute Gasteiger partial charge is 0.219 e. The third-order valence-electron chi connectivity index (χ3n) is 3.61. The molecular formula is C18H17N5O2S2. The predicted molar refractivity (Wildman–Crippen MR) is 105 cm³/mol. The first kappa shape index (κ1) is 18.9. The molecule has 0 atom stereocenters. The quantitative estimate of drug-likeness (QED) is 0.438. The van der Waals surface area contributed by atoms with Gasteiger partial charge < -0.3 is 15.0 Å². The Labute approximate surface area is 164 Å². The van der Waals surface area contributed by atoms with Gasteiger partial charge in [-0.2, -0.15) is 5.26 Å². The van der Waals surface area contributed by atoms with E-state index in [1.54, 1.807) is 35.6 Å². The molecule has 3 rings (SSSR count). The Morgan fingerprint density at radius 2 is 2.11 bits per heavy atom. The number of nitrogens with zero attached hydrogens (tertiary/aromatic N) is 4. The van der Waals surface area contributed by atoms with Crippen LogP contribution in [0.5, 0.6) is 5.75 Å². The summed E-state index contributed by atoms with van der Waals surface area (Å²) in [6.07, 6.45) is 0.228. The number of thiophene rings is 1. The predicted octanol–water partition coefficient (Wildman–Crippen LogP) is 2.92. The maximum absolute atomic E-state index is 11.2. The lowest BCUT2D eigenvalue weighted by Crippen LogP contribution is -2.15. The first-order valence-electron chi connectivity index (χ1n) is 8.18. The Hall–Kier alpha value is -2.83. The molecule has 0 aliphatic heterocycles. The van der Waals surface area contributed by atoms with Gasteiger partial charge in [-0.1, -0.05) is 17.8 Å². The third-order valence-corrected chi connectivity index (χ3v) is 5.40. The molecule has 0 aliphatic carbocycles. The van der Waals surface area contributed by atoms with Crippen molar-refractivity contribution in [2.75, 3.05) is 12.4 Å². The summed E-state index contributed by atoms with van der Waals surface area (Å²) >= 11 is 3.08. The second-order valence-electron chi connectivity index (χ2n) is 5.48. The molecule has 0 spiro atoms. The number of nitrogens with two attached hydrogens (primary N) is 1. The van der Waals surface area contributed by atoms with Crippen LogP contribution in [0, 0.1) is 11.3 Å². The number of benzene rings is 1. The zero-order valence-electron chi connectivity index (χ0n) is 14.4. The van der Waals surface area contributed by atoms with Crippen molar-refractivity contribution in [1.29, 1.82) is 5.26 Å². The minimum Gasteiger partial charge on any atom is -0.493 e. The number of amides is 1. The van der Waals surface area contributed by atoms with Crippen LogP contribution in [-0.4, -0.2) is 33.0 Å². The molecule has 3 aromatic rings. The standard InChI is InChI=1S/C18H17N5O2S2/c19-12-13-3-5-14(6-4-13)25-9-11-27-18-22-21-17(15-2-1-10-26-15)23(18)8-7-16(20)24/h1-6,10H,7-9,11H2,(H2,20,24). The van der Waals surface area contributed by atoms with Crippen LogP contribution in [-0.2, 0) is 11.3 Å². The van der Waals surface area contributed by atoms with Crippen molar-refractivity contribution in [1.82, 2.24) is 14.8 Å². The van der Waals surface area contributed by atoms with Crippen LogP contribution >= 0.6 is 23.1 Å². The molecule has 0 aliphatic rings. The maximum Gasteiger partial charge on any atom is 0.219 e. The number of nitriles is 1. The van der Waals surface area contributed by atoms with Crippen molar-refractivity contribution in [3.05, 3.63) is 47.3 Å². The molecule has 2 N–H and O–H groups in total. The van der Waals surface area contributed by atoms with E-state index in [9.17, 15) is 4.79 Å². The van der Waals surface area contributed by atoms with Crippen LogP contribution in [0.15, 0.2) is 46.9 Å². The van der Waals surface area contributed by atoms with E-state index >= 15 is 0 Å². The molecule has 1 amide bonds. The minimum atomic E-state index is -0.360. The number of ether oxygens (including phenoxy) is 1. The SMILES string of the molecule is N#Cc1ccc(OCCSc2nnc(-c3cccs3)n2CCC(N)=O)cc1. The Bertz CT molecular complexity index is 930. The van der Waals surface area contributed by atoms with E-state index in [-0.39, 0.29) is 12.3 Å². The van der Waals surface area contributed by atoms with E-state index < -0.39 is 0 Å². The topological polar surface area (TPSA) is 107 Å². The highest BCUT2D eigenvalue weighted by molar-refractivity contribution is 7.99. The maximum atomic E-state index is 11.2. The van der Waals surface area contributed by atoms with Gasteiger partial charge in [0.1, 0.15) is 5.75 Å². The van der Waals surface area contributed by atoms with Gasteiger partial charge in [-0.15, -0.1) is 21.5 Å². The molecule has 2 aromatic heterocycles. The first-order valence-corrected chi connectivity index (χ1v) is 10.0. The number of primary amides is 1. The molecule has 138 valence electrons. The monoisotopic (exact) mass is 399 g/mol. The second-order valence-corrected chi connectivity index (χ2v) is 7.49. The van der Waals surface area contributed by atoms with Crippen molar-refractivity contribution < 1.29 is 9.53 Å². The lowest BCUT2D eigenvalue weighted by Gasteiger charge is -2.09. The van der Waals surface area contributed by atoms with Gasteiger partial charge >= 0.3 is 0 Å². The number of carbonyl (C=O) groups is 1. The lowest BCUT2D eigenvalue weighted by molar-refractivity contribution is -0.118. The molecule has 0 unspecified atom stereocenters. The van der Waals surface area contributed by atoms with E-state index in [4.69, 9.17) is 15.7 Å². The molecule has 0 fully saturated rings. The van der Waals surface area contributed by atoms with Gasteiger partial charge in [0.2, 0.25) is 5.91 Å². The van der Waals surface area contributed by atoms with Gasteiger partial charge in [0.15, 0.2) is 11.0 Å². The Balaban J connectivity index is 1.61. The number of carbonyl (C=O) groups excluding carboxylic acids is 1. The summed E-state index contributed by atoms with van der Waals surface area (Å²) in [5.41, 5.74) is 5.89. The van der Waals surface area contributed by atoms with E-state index in [0.29, 0.717) is 30.2 Å². The molecule has 0 bridgehead atoms. The third kappa shape index (κ3) is 5.09. The summed E-state index contributed by atoms with van der Waals surface area (Å²) in [5.74, 6) is 1.76. The van der Waals surface area contributed by atoms with Gasteiger partial charge in [0, 0.05) is 18.7 Å². The zero-order chi connectivity index (χ0) is 19.1. The summed E-state index contributed by atoms with van der Waals surface area (Å²) in [6.45, 7) is 0.919. The van der Waals surface area contributed by atoms with Crippen LogP contribution < -0.4 is 10.5 Å². The van der Waals surface area contributed by atoms with Crippen molar-refractivity contribution in [2.24, 2.45) is 5.73 Å². The molecule has 27 heavy (non-hydrogen) atoms. The fraction of sp³-hybridized carbons (Fsp3) is 0.222. The molecule has 1 aromatic carbocycles. The van der Waals surface area contributed by atoms with Gasteiger partial charge in [-0.25, -0.2) is 0 Å².